The molecule has 0 aromatic heterocycles. The minimum Gasteiger partial charge on any atom is -0.494 e. The third-order valence-corrected chi connectivity index (χ3v) is 4.85. The number of benzene rings is 3. The Morgan fingerprint density at radius 1 is 1.06 bits per heavy atom. The van der Waals surface area contributed by atoms with Crippen molar-refractivity contribution in [3.63, 3.8) is 0 Å². The van der Waals surface area contributed by atoms with Crippen LogP contribution in [0, 0.1) is 11.3 Å². The maximum absolute atomic E-state index is 12.7. The van der Waals surface area contributed by atoms with Crippen LogP contribution < -0.4 is 14.8 Å². The summed E-state index contributed by atoms with van der Waals surface area (Å²) in [5, 5.41) is 12.9. The number of nitrogens with one attached hydrogen (secondary N) is 1. The SMILES string of the molecule is CCOc1ccc(NC(=O)/C(C#N)=C/c2cc(Cl)cc(Cl)c2OCc2ccccc2)cc1. The highest BCUT2D eigenvalue weighted by Crippen LogP contribution is 2.34. The maximum atomic E-state index is 12.7. The Bertz CT molecular complexity index is 1150. The van der Waals surface area contributed by atoms with E-state index in [4.69, 9.17) is 32.7 Å². The fourth-order valence-corrected chi connectivity index (χ4v) is 3.44. The molecule has 0 unspecified atom stereocenters. The van der Waals surface area contributed by atoms with Crippen molar-refractivity contribution in [2.45, 2.75) is 13.5 Å². The predicted molar refractivity (Wildman–Crippen MR) is 127 cm³/mol. The van der Waals surface area contributed by atoms with Gasteiger partial charge in [0.15, 0.2) is 0 Å². The monoisotopic (exact) mass is 466 g/mol. The van der Waals surface area contributed by atoms with Gasteiger partial charge in [-0.25, -0.2) is 0 Å². The lowest BCUT2D eigenvalue weighted by Gasteiger charge is -2.13. The zero-order valence-corrected chi connectivity index (χ0v) is 18.8. The fraction of sp³-hybridized carbons (Fsp3) is 0.120. The van der Waals surface area contributed by atoms with Gasteiger partial charge in [-0.1, -0.05) is 53.5 Å². The third-order valence-electron chi connectivity index (χ3n) is 4.35. The molecule has 0 aliphatic rings. The van der Waals surface area contributed by atoms with Crippen LogP contribution in [0.15, 0.2) is 72.3 Å². The zero-order chi connectivity index (χ0) is 22.9. The van der Waals surface area contributed by atoms with Crippen LogP contribution in [0.4, 0.5) is 5.69 Å². The van der Waals surface area contributed by atoms with Gasteiger partial charge in [0.25, 0.3) is 5.91 Å². The minimum absolute atomic E-state index is 0.123. The van der Waals surface area contributed by atoms with Crippen molar-refractivity contribution in [1.29, 1.82) is 5.26 Å². The van der Waals surface area contributed by atoms with Crippen molar-refractivity contribution in [2.75, 3.05) is 11.9 Å². The van der Waals surface area contributed by atoms with Gasteiger partial charge in [-0.15, -0.1) is 0 Å². The molecule has 1 N–H and O–H groups in total. The van der Waals surface area contributed by atoms with Crippen molar-refractivity contribution in [2.24, 2.45) is 0 Å². The highest BCUT2D eigenvalue weighted by molar-refractivity contribution is 6.36. The number of carbonyl (C=O) groups excluding carboxylic acids is 1. The molecule has 162 valence electrons. The Kier molecular flexibility index (Phi) is 8.15. The van der Waals surface area contributed by atoms with Gasteiger partial charge in [-0.05, 0) is 55.0 Å². The smallest absolute Gasteiger partial charge is 0.266 e. The number of rotatable bonds is 8. The predicted octanol–water partition coefficient (Wildman–Crippen LogP) is 6.52. The Morgan fingerprint density at radius 2 is 1.78 bits per heavy atom. The molecule has 0 radical (unpaired) electrons. The van der Waals surface area contributed by atoms with Crippen LogP contribution in [0.1, 0.15) is 18.1 Å². The van der Waals surface area contributed by atoms with E-state index in [2.05, 4.69) is 5.32 Å². The van der Waals surface area contributed by atoms with E-state index in [1.165, 1.54) is 6.08 Å². The molecule has 0 saturated heterocycles. The normalized spacial score (nSPS) is 10.9. The molecule has 0 heterocycles. The van der Waals surface area contributed by atoms with Gasteiger partial charge in [0.05, 0.1) is 11.6 Å². The number of carbonyl (C=O) groups is 1. The molecule has 3 rings (SSSR count). The van der Waals surface area contributed by atoms with Gasteiger partial charge in [0, 0.05) is 16.3 Å². The highest BCUT2D eigenvalue weighted by atomic mass is 35.5. The van der Waals surface area contributed by atoms with E-state index in [1.807, 2.05) is 43.3 Å². The first-order valence-corrected chi connectivity index (χ1v) is 10.6. The molecule has 0 fully saturated rings. The standard InChI is InChI=1S/C25H20Cl2N2O3/c1-2-31-22-10-8-21(9-11-22)29-25(30)19(15-28)12-18-13-20(26)14-23(27)24(18)32-16-17-6-4-3-5-7-17/h3-14H,2,16H2,1H3,(H,29,30)/b19-12+. The summed E-state index contributed by atoms with van der Waals surface area (Å²) in [6.45, 7) is 2.70. The summed E-state index contributed by atoms with van der Waals surface area (Å²) >= 11 is 12.5. The van der Waals surface area contributed by atoms with Crippen molar-refractivity contribution in [3.05, 3.63) is 93.5 Å². The fourth-order valence-electron chi connectivity index (χ4n) is 2.87. The Labute approximate surface area is 196 Å². The number of ether oxygens (including phenoxy) is 2. The summed E-state index contributed by atoms with van der Waals surface area (Å²) < 4.78 is 11.3. The lowest BCUT2D eigenvalue weighted by atomic mass is 10.1. The van der Waals surface area contributed by atoms with Crippen LogP contribution in [0.3, 0.4) is 0 Å². The summed E-state index contributed by atoms with van der Waals surface area (Å²) in [5.41, 5.74) is 1.78. The molecule has 3 aromatic rings. The van der Waals surface area contributed by atoms with E-state index >= 15 is 0 Å². The number of halogens is 2. The average Bonchev–Trinajstić information content (AvgIpc) is 2.78. The largest absolute Gasteiger partial charge is 0.494 e. The lowest BCUT2D eigenvalue weighted by Crippen LogP contribution is -2.13. The molecular weight excluding hydrogens is 447 g/mol. The number of nitriles is 1. The quantitative estimate of drug-likeness (QED) is 0.303. The second-order valence-corrected chi connectivity index (χ2v) is 7.51. The first-order chi connectivity index (χ1) is 15.5. The summed E-state index contributed by atoms with van der Waals surface area (Å²) in [4.78, 5) is 12.7. The van der Waals surface area contributed by atoms with Gasteiger partial charge < -0.3 is 14.8 Å². The van der Waals surface area contributed by atoms with E-state index in [-0.39, 0.29) is 17.2 Å². The van der Waals surface area contributed by atoms with E-state index in [0.717, 1.165) is 5.56 Å². The van der Waals surface area contributed by atoms with E-state index in [1.54, 1.807) is 36.4 Å². The minimum atomic E-state index is -0.568. The van der Waals surface area contributed by atoms with Crippen LogP contribution >= 0.6 is 23.2 Å². The number of nitrogens with zero attached hydrogens (tertiary/aromatic N) is 1. The molecule has 0 atom stereocenters. The molecule has 1 amide bonds. The zero-order valence-electron chi connectivity index (χ0n) is 17.3. The number of hydrogen-bond donors (Lipinski definition) is 1. The van der Waals surface area contributed by atoms with Crippen LogP contribution in [-0.4, -0.2) is 12.5 Å². The van der Waals surface area contributed by atoms with Crippen LogP contribution in [0.25, 0.3) is 6.08 Å². The van der Waals surface area contributed by atoms with Crippen LogP contribution in [0.2, 0.25) is 10.0 Å². The molecule has 0 saturated carbocycles. The van der Waals surface area contributed by atoms with Crippen molar-refractivity contribution in [3.8, 4) is 17.6 Å². The molecule has 0 aliphatic heterocycles. The van der Waals surface area contributed by atoms with Gasteiger partial charge in [0.1, 0.15) is 29.7 Å². The molecule has 0 bridgehead atoms. The van der Waals surface area contributed by atoms with E-state index in [0.29, 0.717) is 34.4 Å². The Morgan fingerprint density at radius 3 is 2.44 bits per heavy atom. The molecular formula is C25H20Cl2N2O3. The van der Waals surface area contributed by atoms with Gasteiger partial charge in [-0.3, -0.25) is 4.79 Å². The molecule has 32 heavy (non-hydrogen) atoms. The molecule has 5 nitrogen and oxygen atoms in total. The molecule has 3 aromatic carbocycles. The number of amides is 1. The second-order valence-electron chi connectivity index (χ2n) is 6.66. The summed E-state index contributed by atoms with van der Waals surface area (Å²) in [6.07, 6.45) is 1.40. The maximum Gasteiger partial charge on any atom is 0.266 e. The topological polar surface area (TPSA) is 71.3 Å². The first-order valence-electron chi connectivity index (χ1n) is 9.82. The lowest BCUT2D eigenvalue weighted by molar-refractivity contribution is -0.112. The number of hydrogen-bond acceptors (Lipinski definition) is 4. The third kappa shape index (κ3) is 6.27. The molecule has 0 spiro atoms. The van der Waals surface area contributed by atoms with Gasteiger partial charge >= 0.3 is 0 Å². The average molecular weight is 467 g/mol. The highest BCUT2D eigenvalue weighted by Gasteiger charge is 2.15. The van der Waals surface area contributed by atoms with Crippen LogP contribution in [0.5, 0.6) is 11.5 Å². The summed E-state index contributed by atoms with van der Waals surface area (Å²) in [6, 6.07) is 21.5. The van der Waals surface area contributed by atoms with Gasteiger partial charge in [0.2, 0.25) is 0 Å². The van der Waals surface area contributed by atoms with Crippen LogP contribution in [-0.2, 0) is 11.4 Å². The summed E-state index contributed by atoms with van der Waals surface area (Å²) in [5.74, 6) is 0.457. The first kappa shape index (κ1) is 23.2. The van der Waals surface area contributed by atoms with E-state index < -0.39 is 5.91 Å². The Hall–Kier alpha value is -3.46. The van der Waals surface area contributed by atoms with Crippen molar-refractivity contribution >= 4 is 40.9 Å². The van der Waals surface area contributed by atoms with Gasteiger partial charge in [-0.2, -0.15) is 5.26 Å². The Balaban J connectivity index is 1.83. The molecule has 7 heteroatoms. The summed E-state index contributed by atoms with van der Waals surface area (Å²) in [7, 11) is 0. The molecule has 0 aliphatic carbocycles. The van der Waals surface area contributed by atoms with Crippen molar-refractivity contribution < 1.29 is 14.3 Å². The number of anilines is 1. The van der Waals surface area contributed by atoms with E-state index in [9.17, 15) is 10.1 Å². The van der Waals surface area contributed by atoms with Crippen molar-refractivity contribution in [1.82, 2.24) is 0 Å². The second kappa shape index (κ2) is 11.2.